The minimum atomic E-state index is 1.24. The van der Waals surface area contributed by atoms with Gasteiger partial charge in [-0.2, -0.15) is 5.26 Å². The zero-order valence-corrected chi connectivity index (χ0v) is 19.5. The Labute approximate surface area is 171 Å². The van der Waals surface area contributed by atoms with Crippen molar-refractivity contribution in [3.8, 4) is 5.40 Å². The first-order valence-electron chi connectivity index (χ1n) is 11.4. The Morgan fingerprint density at radius 1 is 0.577 bits per heavy atom. The van der Waals surface area contributed by atoms with E-state index in [0.717, 1.165) is 0 Å². The van der Waals surface area contributed by atoms with Crippen LogP contribution >= 0.6 is 12.6 Å². The minimum Gasteiger partial charge on any atom is -0.328 e. The van der Waals surface area contributed by atoms with Gasteiger partial charge in [0.25, 0.3) is 0 Å². The lowest BCUT2D eigenvalue weighted by Gasteiger charge is -2.30. The summed E-state index contributed by atoms with van der Waals surface area (Å²) < 4.78 is 1.24. The molecule has 26 heavy (non-hydrogen) atoms. The van der Waals surface area contributed by atoms with Gasteiger partial charge >= 0.3 is 0 Å². The van der Waals surface area contributed by atoms with E-state index in [1.165, 1.54) is 126 Å². The van der Waals surface area contributed by atoms with E-state index in [1.807, 2.05) is 0 Å². The van der Waals surface area contributed by atoms with E-state index in [1.54, 1.807) is 0 Å². The van der Waals surface area contributed by atoms with Crippen molar-refractivity contribution < 1.29 is 4.48 Å². The molecular formula is C23H49N2S+. The zero-order chi connectivity index (χ0) is 19.9. The van der Waals surface area contributed by atoms with E-state index < -0.39 is 0 Å². The summed E-state index contributed by atoms with van der Waals surface area (Å²) in [6, 6.07) is 0. The van der Waals surface area contributed by atoms with Gasteiger partial charge in [0.15, 0.2) is 0 Å². The summed E-state index contributed by atoms with van der Waals surface area (Å²) in [5, 5.41) is 8.63. The fourth-order valence-corrected chi connectivity index (χ4v) is 3.46. The highest BCUT2D eigenvalue weighted by molar-refractivity contribution is 7.85. The molecule has 0 saturated carbocycles. The molecule has 0 aromatic heterocycles. The van der Waals surface area contributed by atoms with Crippen molar-refractivity contribution in [2.45, 2.75) is 117 Å². The highest BCUT2D eigenvalue weighted by Crippen LogP contribution is 2.13. The van der Waals surface area contributed by atoms with Crippen molar-refractivity contribution in [3.05, 3.63) is 0 Å². The largest absolute Gasteiger partial charge is 0.328 e. The monoisotopic (exact) mass is 385 g/mol. The molecule has 0 bridgehead atoms. The summed E-state index contributed by atoms with van der Waals surface area (Å²) in [6.45, 7) is 7.36. The molecule has 0 aromatic carbocycles. The second-order valence-corrected chi connectivity index (χ2v) is 8.63. The van der Waals surface area contributed by atoms with E-state index in [-0.39, 0.29) is 0 Å². The molecule has 0 aliphatic carbocycles. The van der Waals surface area contributed by atoms with Crippen molar-refractivity contribution >= 4 is 12.6 Å². The molecule has 0 amide bonds. The number of quaternary nitrogens is 1. The molecule has 0 rings (SSSR count). The maximum atomic E-state index is 7.18. The molecule has 0 aliphatic heterocycles. The van der Waals surface area contributed by atoms with Crippen LogP contribution in [0.3, 0.4) is 0 Å². The summed E-state index contributed by atoms with van der Waals surface area (Å²) in [6.07, 6.45) is 23.0. The zero-order valence-electron chi connectivity index (χ0n) is 18.6. The van der Waals surface area contributed by atoms with Crippen molar-refractivity contribution in [2.75, 3.05) is 27.2 Å². The van der Waals surface area contributed by atoms with Crippen LogP contribution in [0.25, 0.3) is 0 Å². The standard InChI is InChI=1S/C22H48N.CHNS/c1-5-7-9-11-13-15-17-19-21-23(3,4)22-20-18-16-14-12-10-8-6-2;2-1-3/h5-22H2,1-4H3;3H/q+1;. The van der Waals surface area contributed by atoms with Crippen LogP contribution in [0.15, 0.2) is 0 Å². The fourth-order valence-electron chi connectivity index (χ4n) is 3.46. The Kier molecular flexibility index (Phi) is 24.6. The maximum absolute atomic E-state index is 7.18. The lowest BCUT2D eigenvalue weighted by atomic mass is 10.1. The number of nitriles is 1. The predicted octanol–water partition coefficient (Wildman–Crippen LogP) is 7.74. The van der Waals surface area contributed by atoms with E-state index in [0.29, 0.717) is 0 Å². The number of thiocyanates is 1. The van der Waals surface area contributed by atoms with E-state index in [4.69, 9.17) is 5.26 Å². The molecule has 0 atom stereocenters. The molecule has 0 spiro atoms. The summed E-state index contributed by atoms with van der Waals surface area (Å²) in [5.41, 5.74) is 0. The van der Waals surface area contributed by atoms with Gasteiger partial charge in [0, 0.05) is 0 Å². The molecule has 0 unspecified atom stereocenters. The average Bonchev–Trinajstić information content (AvgIpc) is 2.60. The first-order valence-corrected chi connectivity index (χ1v) is 11.8. The van der Waals surface area contributed by atoms with Crippen molar-refractivity contribution in [2.24, 2.45) is 0 Å². The second-order valence-electron chi connectivity index (χ2n) is 8.43. The Bertz CT molecular complexity index is 275. The fraction of sp³-hybridized carbons (Fsp3) is 0.957. The second kappa shape index (κ2) is 22.8. The summed E-state index contributed by atoms with van der Waals surface area (Å²) in [7, 11) is 4.87. The van der Waals surface area contributed by atoms with Crippen LogP contribution in [0.4, 0.5) is 0 Å². The minimum absolute atomic E-state index is 1.24. The molecule has 3 heteroatoms. The van der Waals surface area contributed by atoms with Crippen LogP contribution < -0.4 is 0 Å². The Morgan fingerprint density at radius 2 is 0.808 bits per heavy atom. The molecule has 156 valence electrons. The van der Waals surface area contributed by atoms with Gasteiger partial charge in [0.2, 0.25) is 0 Å². The van der Waals surface area contributed by atoms with Gasteiger partial charge in [-0.15, -0.1) is 0 Å². The van der Waals surface area contributed by atoms with Crippen LogP contribution in [0.1, 0.15) is 117 Å². The van der Waals surface area contributed by atoms with Gasteiger partial charge < -0.3 is 4.48 Å². The van der Waals surface area contributed by atoms with Crippen LogP contribution in [-0.2, 0) is 0 Å². The van der Waals surface area contributed by atoms with Gasteiger partial charge in [0.05, 0.1) is 27.2 Å². The van der Waals surface area contributed by atoms with Gasteiger partial charge in [-0.3, -0.25) is 0 Å². The molecule has 0 aliphatic rings. The van der Waals surface area contributed by atoms with Crippen LogP contribution in [0.5, 0.6) is 0 Å². The molecule has 2 nitrogen and oxygen atoms in total. The summed E-state index contributed by atoms with van der Waals surface area (Å²) >= 11 is 3.09. The van der Waals surface area contributed by atoms with Crippen LogP contribution in [0.2, 0.25) is 0 Å². The van der Waals surface area contributed by atoms with Gasteiger partial charge in [0.1, 0.15) is 5.40 Å². The molecule has 0 N–H and O–H groups in total. The van der Waals surface area contributed by atoms with Crippen molar-refractivity contribution in [1.29, 1.82) is 5.26 Å². The summed E-state index contributed by atoms with van der Waals surface area (Å²) in [4.78, 5) is 0. The third-order valence-electron chi connectivity index (χ3n) is 5.23. The van der Waals surface area contributed by atoms with E-state index in [2.05, 4.69) is 40.6 Å². The van der Waals surface area contributed by atoms with Crippen LogP contribution in [-0.4, -0.2) is 31.7 Å². The number of hydrogen-bond acceptors (Lipinski definition) is 2. The molecule has 0 fully saturated rings. The number of nitrogens with zero attached hydrogens (tertiary/aromatic N) is 2. The number of hydrogen-bond donors (Lipinski definition) is 1. The van der Waals surface area contributed by atoms with Gasteiger partial charge in [-0.05, 0) is 25.7 Å². The Morgan fingerprint density at radius 3 is 1.08 bits per heavy atom. The van der Waals surface area contributed by atoms with Gasteiger partial charge in [-0.1, -0.05) is 104 Å². The third-order valence-corrected chi connectivity index (χ3v) is 5.23. The third kappa shape index (κ3) is 26.0. The Hall–Kier alpha value is -0.200. The highest BCUT2D eigenvalue weighted by Gasteiger charge is 2.13. The first kappa shape index (κ1) is 28.0. The summed E-state index contributed by atoms with van der Waals surface area (Å²) in [5.74, 6) is 0. The van der Waals surface area contributed by atoms with Crippen LogP contribution in [0, 0.1) is 10.7 Å². The predicted molar refractivity (Wildman–Crippen MR) is 122 cm³/mol. The van der Waals surface area contributed by atoms with Gasteiger partial charge in [-0.25, -0.2) is 0 Å². The topological polar surface area (TPSA) is 23.8 Å². The molecule has 0 saturated heterocycles. The highest BCUT2D eigenvalue weighted by atomic mass is 32.1. The smallest absolute Gasteiger partial charge is 0.130 e. The molecule has 0 aromatic rings. The maximum Gasteiger partial charge on any atom is 0.130 e. The number of thiol groups is 1. The van der Waals surface area contributed by atoms with Crippen molar-refractivity contribution in [3.63, 3.8) is 0 Å². The normalized spacial score (nSPS) is 10.9. The number of unbranched alkanes of at least 4 members (excludes halogenated alkanes) is 14. The first-order chi connectivity index (χ1) is 12.5. The Balaban J connectivity index is 0. The molecule has 0 radical (unpaired) electrons. The SMILES string of the molecule is CCCCCCCCCC[N+](C)(C)CCCCCCCCCC.N#CS. The van der Waals surface area contributed by atoms with Crippen molar-refractivity contribution in [1.82, 2.24) is 0 Å². The van der Waals surface area contributed by atoms with E-state index >= 15 is 0 Å². The molecular weight excluding hydrogens is 336 g/mol. The molecule has 0 heterocycles. The lowest BCUT2D eigenvalue weighted by Crippen LogP contribution is -2.41. The van der Waals surface area contributed by atoms with E-state index in [9.17, 15) is 0 Å². The lowest BCUT2D eigenvalue weighted by molar-refractivity contribution is -0.890. The average molecular weight is 386 g/mol. The quantitative estimate of drug-likeness (QED) is 0.111. The number of rotatable bonds is 18.